The standard InChI is InChI=1S/C16H17Cl2N3O2/c1-10-12(7-11(17)8-13(10)18)15-21-14(9-19)16(23-15)20-5-3-2-4-6-22/h7-8,20,22H,2-6H2,1H3. The Morgan fingerprint density at radius 2 is 2.09 bits per heavy atom. The van der Waals surface area contributed by atoms with E-state index in [1.54, 1.807) is 12.1 Å². The highest BCUT2D eigenvalue weighted by molar-refractivity contribution is 6.35. The van der Waals surface area contributed by atoms with Gasteiger partial charge in [0.25, 0.3) is 0 Å². The smallest absolute Gasteiger partial charge is 0.232 e. The fourth-order valence-corrected chi connectivity index (χ4v) is 2.61. The summed E-state index contributed by atoms with van der Waals surface area (Å²) < 4.78 is 5.68. The first-order chi connectivity index (χ1) is 11.1. The summed E-state index contributed by atoms with van der Waals surface area (Å²) in [5, 5.41) is 22.0. The van der Waals surface area contributed by atoms with Crippen molar-refractivity contribution in [1.29, 1.82) is 5.26 Å². The van der Waals surface area contributed by atoms with Crippen molar-refractivity contribution in [3.05, 3.63) is 33.4 Å². The molecule has 0 saturated heterocycles. The topological polar surface area (TPSA) is 82.1 Å². The lowest BCUT2D eigenvalue weighted by atomic mass is 10.1. The van der Waals surface area contributed by atoms with Crippen LogP contribution in [0.4, 0.5) is 5.88 Å². The van der Waals surface area contributed by atoms with E-state index in [1.807, 2.05) is 13.0 Å². The van der Waals surface area contributed by atoms with Gasteiger partial charge in [-0.05, 0) is 43.9 Å². The van der Waals surface area contributed by atoms with E-state index < -0.39 is 0 Å². The fourth-order valence-electron chi connectivity index (χ4n) is 2.11. The van der Waals surface area contributed by atoms with Crippen LogP contribution in [0.15, 0.2) is 16.5 Å². The average molecular weight is 354 g/mol. The lowest BCUT2D eigenvalue weighted by molar-refractivity contribution is 0.283. The Morgan fingerprint density at radius 1 is 1.30 bits per heavy atom. The second-order valence-electron chi connectivity index (χ2n) is 5.08. The van der Waals surface area contributed by atoms with Crippen molar-refractivity contribution in [2.75, 3.05) is 18.5 Å². The second-order valence-corrected chi connectivity index (χ2v) is 5.92. The Labute approximate surface area is 144 Å². The number of nitriles is 1. The molecule has 1 aromatic heterocycles. The Morgan fingerprint density at radius 3 is 2.78 bits per heavy atom. The normalized spacial score (nSPS) is 10.6. The van der Waals surface area contributed by atoms with Gasteiger partial charge >= 0.3 is 0 Å². The van der Waals surface area contributed by atoms with Crippen LogP contribution in [0.25, 0.3) is 11.5 Å². The van der Waals surface area contributed by atoms with Crippen molar-refractivity contribution in [3.8, 4) is 17.5 Å². The Bertz CT molecular complexity index is 723. The van der Waals surface area contributed by atoms with E-state index in [-0.39, 0.29) is 12.3 Å². The van der Waals surface area contributed by atoms with Crippen LogP contribution in [0.2, 0.25) is 10.0 Å². The van der Waals surface area contributed by atoms with Gasteiger partial charge in [-0.15, -0.1) is 0 Å². The van der Waals surface area contributed by atoms with E-state index >= 15 is 0 Å². The summed E-state index contributed by atoms with van der Waals surface area (Å²) in [5.74, 6) is 0.642. The number of rotatable bonds is 7. The minimum atomic E-state index is 0.185. The van der Waals surface area contributed by atoms with Gasteiger partial charge in [0.15, 0.2) is 0 Å². The third-order valence-corrected chi connectivity index (χ3v) is 4.00. The Hall–Kier alpha value is -1.74. The Balaban J connectivity index is 2.21. The van der Waals surface area contributed by atoms with E-state index in [0.29, 0.717) is 33.9 Å². The number of hydrogen-bond acceptors (Lipinski definition) is 5. The van der Waals surface area contributed by atoms with Crippen molar-refractivity contribution in [3.63, 3.8) is 0 Å². The monoisotopic (exact) mass is 353 g/mol. The van der Waals surface area contributed by atoms with Crippen molar-refractivity contribution in [1.82, 2.24) is 4.98 Å². The number of nitrogens with one attached hydrogen (secondary N) is 1. The quantitative estimate of drug-likeness (QED) is 0.720. The third kappa shape index (κ3) is 4.38. The minimum Gasteiger partial charge on any atom is -0.419 e. The van der Waals surface area contributed by atoms with Crippen molar-refractivity contribution in [2.45, 2.75) is 26.2 Å². The highest BCUT2D eigenvalue weighted by Crippen LogP contribution is 2.33. The molecule has 0 amide bonds. The molecule has 0 unspecified atom stereocenters. The van der Waals surface area contributed by atoms with Crippen LogP contribution in [-0.4, -0.2) is 23.2 Å². The van der Waals surface area contributed by atoms with Crippen LogP contribution >= 0.6 is 23.2 Å². The van der Waals surface area contributed by atoms with Crippen LogP contribution in [0.5, 0.6) is 0 Å². The summed E-state index contributed by atoms with van der Waals surface area (Å²) in [6, 6.07) is 5.37. The van der Waals surface area contributed by atoms with E-state index in [2.05, 4.69) is 10.3 Å². The lowest BCUT2D eigenvalue weighted by Gasteiger charge is -2.05. The summed E-state index contributed by atoms with van der Waals surface area (Å²) in [6.45, 7) is 2.66. The molecule has 0 radical (unpaired) electrons. The maximum absolute atomic E-state index is 9.20. The summed E-state index contributed by atoms with van der Waals surface area (Å²) >= 11 is 12.2. The molecule has 1 heterocycles. The number of aliphatic hydroxyl groups is 1. The SMILES string of the molecule is Cc1c(Cl)cc(Cl)cc1-c1nc(C#N)c(NCCCCCO)o1. The summed E-state index contributed by atoms with van der Waals surface area (Å²) in [7, 11) is 0. The maximum atomic E-state index is 9.20. The number of oxazole rings is 1. The molecule has 0 aliphatic heterocycles. The second kappa shape index (κ2) is 8.21. The third-order valence-electron chi connectivity index (χ3n) is 3.39. The van der Waals surface area contributed by atoms with Crippen LogP contribution in [-0.2, 0) is 0 Å². The molecule has 2 rings (SSSR count). The molecule has 5 nitrogen and oxygen atoms in total. The predicted octanol–water partition coefficient (Wildman–Crippen LogP) is 4.40. The molecule has 2 N–H and O–H groups in total. The average Bonchev–Trinajstić information content (AvgIpc) is 2.93. The Kier molecular flexibility index (Phi) is 6.28. The number of benzene rings is 1. The molecule has 2 aromatic rings. The molecule has 0 saturated carbocycles. The van der Waals surface area contributed by atoms with Crippen LogP contribution in [0.3, 0.4) is 0 Å². The van der Waals surface area contributed by atoms with Crippen molar-refractivity contribution in [2.24, 2.45) is 0 Å². The lowest BCUT2D eigenvalue weighted by Crippen LogP contribution is -2.02. The number of aromatic nitrogens is 1. The molecular weight excluding hydrogens is 337 g/mol. The number of nitrogens with zero attached hydrogens (tertiary/aromatic N) is 2. The molecule has 7 heteroatoms. The minimum absolute atomic E-state index is 0.185. The number of hydrogen-bond donors (Lipinski definition) is 2. The van der Waals surface area contributed by atoms with E-state index in [0.717, 1.165) is 24.8 Å². The first kappa shape index (κ1) is 17.6. The molecule has 23 heavy (non-hydrogen) atoms. The zero-order valence-electron chi connectivity index (χ0n) is 12.7. The fraction of sp³-hybridized carbons (Fsp3) is 0.375. The van der Waals surface area contributed by atoms with Gasteiger partial charge in [0, 0.05) is 28.8 Å². The molecule has 0 atom stereocenters. The molecule has 0 aliphatic rings. The number of halogens is 2. The number of unbranched alkanes of at least 4 members (excludes halogenated alkanes) is 2. The van der Waals surface area contributed by atoms with Crippen molar-refractivity contribution >= 4 is 29.1 Å². The highest BCUT2D eigenvalue weighted by atomic mass is 35.5. The van der Waals surface area contributed by atoms with E-state index in [9.17, 15) is 5.26 Å². The molecule has 0 aliphatic carbocycles. The van der Waals surface area contributed by atoms with Gasteiger partial charge < -0.3 is 14.8 Å². The summed E-state index contributed by atoms with van der Waals surface area (Å²) in [5.41, 5.74) is 1.64. The zero-order valence-corrected chi connectivity index (χ0v) is 14.2. The van der Waals surface area contributed by atoms with Gasteiger partial charge in [-0.1, -0.05) is 23.2 Å². The van der Waals surface area contributed by atoms with E-state index in [4.69, 9.17) is 32.7 Å². The van der Waals surface area contributed by atoms with Gasteiger partial charge in [0.1, 0.15) is 6.07 Å². The molecule has 0 fully saturated rings. The maximum Gasteiger partial charge on any atom is 0.232 e. The van der Waals surface area contributed by atoms with Gasteiger partial charge in [-0.3, -0.25) is 0 Å². The van der Waals surface area contributed by atoms with E-state index in [1.165, 1.54) is 0 Å². The number of anilines is 1. The molecule has 122 valence electrons. The van der Waals surface area contributed by atoms with Crippen LogP contribution in [0, 0.1) is 18.3 Å². The zero-order chi connectivity index (χ0) is 16.8. The molecule has 0 bridgehead atoms. The molecular formula is C16H17Cl2N3O2. The summed E-state index contributed by atoms with van der Waals surface area (Å²) in [6.07, 6.45) is 2.52. The van der Waals surface area contributed by atoms with Crippen LogP contribution < -0.4 is 5.32 Å². The van der Waals surface area contributed by atoms with Gasteiger partial charge in [0.05, 0.1) is 0 Å². The first-order valence-electron chi connectivity index (χ1n) is 7.28. The van der Waals surface area contributed by atoms with Gasteiger partial charge in [-0.2, -0.15) is 10.2 Å². The molecule has 0 spiro atoms. The summed E-state index contributed by atoms with van der Waals surface area (Å²) in [4.78, 5) is 4.21. The van der Waals surface area contributed by atoms with Crippen molar-refractivity contribution < 1.29 is 9.52 Å². The largest absolute Gasteiger partial charge is 0.419 e. The number of aliphatic hydroxyl groups excluding tert-OH is 1. The first-order valence-corrected chi connectivity index (χ1v) is 8.04. The van der Waals surface area contributed by atoms with Gasteiger partial charge in [-0.25, -0.2) is 0 Å². The highest BCUT2D eigenvalue weighted by Gasteiger charge is 2.17. The predicted molar refractivity (Wildman–Crippen MR) is 90.8 cm³/mol. The van der Waals surface area contributed by atoms with Gasteiger partial charge in [0.2, 0.25) is 17.5 Å². The molecule has 1 aromatic carbocycles. The van der Waals surface area contributed by atoms with Crippen LogP contribution in [0.1, 0.15) is 30.5 Å².